The summed E-state index contributed by atoms with van der Waals surface area (Å²) in [6.07, 6.45) is -0.415. The molecule has 1 aromatic rings. The van der Waals surface area contributed by atoms with E-state index in [4.69, 9.17) is 0 Å². The van der Waals surface area contributed by atoms with Crippen LogP contribution < -0.4 is 10.2 Å². The summed E-state index contributed by atoms with van der Waals surface area (Å²) in [4.78, 5) is 46.8. The van der Waals surface area contributed by atoms with Crippen molar-refractivity contribution in [2.24, 2.45) is 0 Å². The lowest BCUT2D eigenvalue weighted by atomic mass is 10.1. The van der Waals surface area contributed by atoms with Gasteiger partial charge in [-0.05, 0) is 12.1 Å². The maximum Gasteiger partial charge on any atom is 0.337 e. The Hall–Kier alpha value is -2.06. The van der Waals surface area contributed by atoms with E-state index in [2.05, 4.69) is 5.32 Å². The third-order valence-electron chi connectivity index (χ3n) is 3.31. The van der Waals surface area contributed by atoms with Crippen LogP contribution in [-0.4, -0.2) is 46.2 Å². The van der Waals surface area contributed by atoms with E-state index in [1.807, 2.05) is 0 Å². The van der Waals surface area contributed by atoms with E-state index in [-0.39, 0.29) is 17.3 Å². The van der Waals surface area contributed by atoms with E-state index in [1.54, 1.807) is 22.6 Å². The van der Waals surface area contributed by atoms with Gasteiger partial charge >= 0.3 is 5.97 Å². The Kier molecular flexibility index (Phi) is 5.43. The summed E-state index contributed by atoms with van der Waals surface area (Å²) in [7, 11) is -4.92. The van der Waals surface area contributed by atoms with Crippen molar-refractivity contribution in [2.45, 2.75) is 17.7 Å². The van der Waals surface area contributed by atoms with Gasteiger partial charge in [0, 0.05) is 12.8 Å². The molecule has 0 radical (unpaired) electrons. The van der Waals surface area contributed by atoms with E-state index in [0.717, 1.165) is 12.1 Å². The Balaban J connectivity index is 2.88. The SMILES string of the molecule is O=C(CI)Nc1c(C(=O)O)ccc(S(=O)(=O)O)c1N1C(=O)CCC1=O. The van der Waals surface area contributed by atoms with Gasteiger partial charge in [-0.3, -0.25) is 18.9 Å². The summed E-state index contributed by atoms with van der Waals surface area (Å²) in [5, 5.41) is 11.5. The number of hydrogen-bond acceptors (Lipinski definition) is 6. The van der Waals surface area contributed by atoms with Crippen LogP contribution in [0.3, 0.4) is 0 Å². The van der Waals surface area contributed by atoms with Crippen LogP contribution in [0.5, 0.6) is 0 Å². The third-order valence-corrected chi connectivity index (χ3v) is 4.89. The number of carbonyl (C=O) groups excluding carboxylic acids is 3. The first-order chi connectivity index (χ1) is 11.6. The second-order valence-electron chi connectivity index (χ2n) is 4.92. The molecule has 25 heavy (non-hydrogen) atoms. The van der Waals surface area contributed by atoms with Crippen LogP contribution in [0.15, 0.2) is 17.0 Å². The number of nitrogens with one attached hydrogen (secondary N) is 1. The lowest BCUT2D eigenvalue weighted by molar-refractivity contribution is -0.121. The molecule has 0 atom stereocenters. The van der Waals surface area contributed by atoms with E-state index in [1.165, 1.54) is 0 Å². The minimum Gasteiger partial charge on any atom is -0.478 e. The Morgan fingerprint density at radius 1 is 1.20 bits per heavy atom. The van der Waals surface area contributed by atoms with Gasteiger partial charge in [0.1, 0.15) is 4.90 Å². The van der Waals surface area contributed by atoms with Crippen molar-refractivity contribution in [2.75, 3.05) is 14.6 Å². The van der Waals surface area contributed by atoms with Gasteiger partial charge in [-0.1, -0.05) is 22.6 Å². The number of nitrogens with zero attached hydrogens (tertiary/aromatic N) is 1. The first kappa shape index (κ1) is 19.3. The molecule has 3 N–H and O–H groups in total. The van der Waals surface area contributed by atoms with Gasteiger partial charge < -0.3 is 10.4 Å². The number of imide groups is 1. The zero-order chi connectivity index (χ0) is 18.9. The van der Waals surface area contributed by atoms with Crippen molar-refractivity contribution >= 4 is 67.8 Å². The fourth-order valence-corrected chi connectivity index (χ4v) is 3.17. The van der Waals surface area contributed by atoms with Crippen LogP contribution in [0, 0.1) is 0 Å². The number of amides is 3. The highest BCUT2D eigenvalue weighted by Gasteiger charge is 2.38. The molecule has 10 nitrogen and oxygen atoms in total. The number of carboxylic acids is 1. The van der Waals surface area contributed by atoms with Crippen molar-refractivity contribution in [3.05, 3.63) is 17.7 Å². The van der Waals surface area contributed by atoms with Crippen molar-refractivity contribution in [1.82, 2.24) is 0 Å². The molecule has 1 fully saturated rings. The minimum atomic E-state index is -4.92. The smallest absolute Gasteiger partial charge is 0.337 e. The van der Waals surface area contributed by atoms with Gasteiger partial charge in [-0.2, -0.15) is 8.42 Å². The molecular formula is C13H11IN2O8S. The zero-order valence-electron chi connectivity index (χ0n) is 12.4. The molecule has 0 spiro atoms. The molecule has 3 amide bonds. The van der Waals surface area contributed by atoms with Gasteiger partial charge in [0.2, 0.25) is 17.7 Å². The monoisotopic (exact) mass is 482 g/mol. The molecule has 0 aromatic heterocycles. The molecule has 0 bridgehead atoms. The number of rotatable bonds is 5. The van der Waals surface area contributed by atoms with E-state index in [0.29, 0.717) is 4.90 Å². The fraction of sp³-hybridized carbons (Fsp3) is 0.231. The highest BCUT2D eigenvalue weighted by atomic mass is 127. The summed E-state index contributed by atoms with van der Waals surface area (Å²) < 4.78 is 32.6. The molecule has 0 unspecified atom stereocenters. The molecule has 12 heteroatoms. The molecule has 1 heterocycles. The van der Waals surface area contributed by atoms with Crippen LogP contribution >= 0.6 is 22.6 Å². The van der Waals surface area contributed by atoms with Gasteiger partial charge in [0.05, 0.1) is 21.4 Å². The second-order valence-corrected chi connectivity index (χ2v) is 7.07. The van der Waals surface area contributed by atoms with Crippen LogP contribution in [-0.2, 0) is 24.5 Å². The van der Waals surface area contributed by atoms with Crippen molar-refractivity contribution in [3.8, 4) is 0 Å². The molecular weight excluding hydrogens is 471 g/mol. The summed E-state index contributed by atoms with van der Waals surface area (Å²) in [5.41, 5.74) is -1.76. The van der Waals surface area contributed by atoms with Gasteiger partial charge in [0.15, 0.2) is 0 Å². The summed E-state index contributed by atoms with van der Waals surface area (Å²) >= 11 is 1.69. The van der Waals surface area contributed by atoms with Crippen LogP contribution in [0.1, 0.15) is 23.2 Å². The number of anilines is 2. The Labute approximate surface area is 155 Å². The number of benzene rings is 1. The third kappa shape index (κ3) is 3.80. The lowest BCUT2D eigenvalue weighted by Gasteiger charge is -2.22. The van der Waals surface area contributed by atoms with E-state index >= 15 is 0 Å². The maximum atomic E-state index is 12.0. The first-order valence-corrected chi connectivity index (χ1v) is 9.64. The molecule has 0 aliphatic carbocycles. The Morgan fingerprint density at radius 2 is 1.76 bits per heavy atom. The van der Waals surface area contributed by atoms with E-state index < -0.39 is 55.6 Å². The molecule has 1 aromatic carbocycles. The predicted octanol–water partition coefficient (Wildman–Crippen LogP) is 0.658. The predicted molar refractivity (Wildman–Crippen MR) is 92.5 cm³/mol. The largest absolute Gasteiger partial charge is 0.478 e. The second kappa shape index (κ2) is 7.05. The first-order valence-electron chi connectivity index (χ1n) is 6.67. The normalized spacial score (nSPS) is 14.7. The standard InChI is InChI=1S/C13H11IN2O8S/c14-5-8(17)15-11-6(13(20)21)1-2-7(25(22,23)24)12(11)16-9(18)3-4-10(16)19/h1-2H,3-5H2,(H,15,17)(H,20,21)(H,22,23,24). The van der Waals surface area contributed by atoms with Crippen LogP contribution in [0.4, 0.5) is 11.4 Å². The molecule has 1 aliphatic heterocycles. The molecule has 1 saturated heterocycles. The average Bonchev–Trinajstić information content (AvgIpc) is 2.84. The highest BCUT2D eigenvalue weighted by Crippen LogP contribution is 2.39. The molecule has 0 saturated carbocycles. The maximum absolute atomic E-state index is 12.0. The van der Waals surface area contributed by atoms with E-state index in [9.17, 15) is 37.3 Å². The molecule has 2 rings (SSSR count). The lowest BCUT2D eigenvalue weighted by Crippen LogP contribution is -2.32. The van der Waals surface area contributed by atoms with Crippen molar-refractivity contribution in [1.29, 1.82) is 0 Å². The quantitative estimate of drug-likeness (QED) is 0.239. The highest BCUT2D eigenvalue weighted by molar-refractivity contribution is 14.1. The van der Waals surface area contributed by atoms with Crippen LogP contribution in [0.25, 0.3) is 0 Å². The van der Waals surface area contributed by atoms with Crippen LogP contribution in [0.2, 0.25) is 0 Å². The van der Waals surface area contributed by atoms with Gasteiger partial charge in [-0.15, -0.1) is 0 Å². The van der Waals surface area contributed by atoms with Crippen molar-refractivity contribution in [3.63, 3.8) is 0 Å². The number of alkyl halides is 1. The number of halogens is 1. The minimum absolute atomic E-state index is 0.103. The van der Waals surface area contributed by atoms with Crippen molar-refractivity contribution < 1.29 is 37.3 Å². The number of carbonyl (C=O) groups is 4. The zero-order valence-corrected chi connectivity index (χ0v) is 15.3. The summed E-state index contributed by atoms with van der Waals surface area (Å²) in [6, 6.07) is 1.61. The van der Waals surface area contributed by atoms with Gasteiger partial charge in [-0.25, -0.2) is 9.69 Å². The number of carboxylic acid groups (broad SMARTS) is 1. The fourth-order valence-electron chi connectivity index (χ4n) is 2.31. The summed E-state index contributed by atoms with van der Waals surface area (Å²) in [6.45, 7) is 0. The molecule has 1 aliphatic rings. The summed E-state index contributed by atoms with van der Waals surface area (Å²) in [5.74, 6) is -3.76. The topological polar surface area (TPSA) is 158 Å². The Morgan fingerprint density at radius 3 is 2.20 bits per heavy atom. The Bertz CT molecular complexity index is 880. The van der Waals surface area contributed by atoms with Gasteiger partial charge in [0.25, 0.3) is 10.1 Å². The number of hydrogen-bond donors (Lipinski definition) is 3. The average molecular weight is 482 g/mol. The number of aromatic carboxylic acids is 1. The molecule has 134 valence electrons.